The number of fused-ring (bicyclic) bond motifs is 2. The number of nitrogens with one attached hydrogen (secondary N) is 1. The maximum atomic E-state index is 10.5. The second kappa shape index (κ2) is 4.29. The van der Waals surface area contributed by atoms with Crippen LogP contribution < -0.4 is 5.32 Å². The third kappa shape index (κ3) is 2.58. The van der Waals surface area contributed by atoms with E-state index in [-0.39, 0.29) is 12.4 Å². The van der Waals surface area contributed by atoms with Gasteiger partial charge < -0.3 is 10.4 Å². The first-order valence-corrected chi connectivity index (χ1v) is 4.72. The molecule has 2 heterocycles. The van der Waals surface area contributed by atoms with Crippen LogP contribution in [0.25, 0.3) is 0 Å². The highest BCUT2D eigenvalue weighted by Crippen LogP contribution is 2.32. The number of carboxylic acids is 1. The van der Waals surface area contributed by atoms with Crippen LogP contribution in [-0.4, -0.2) is 23.2 Å². The Kier molecular flexibility index (Phi) is 3.56. The first-order valence-electron chi connectivity index (χ1n) is 4.72. The van der Waals surface area contributed by atoms with Crippen LogP contribution in [0.3, 0.4) is 0 Å². The van der Waals surface area contributed by atoms with Gasteiger partial charge in [0.15, 0.2) is 0 Å². The first-order chi connectivity index (χ1) is 5.74. The van der Waals surface area contributed by atoms with Gasteiger partial charge in [-0.05, 0) is 31.6 Å². The lowest BCUT2D eigenvalue weighted by molar-refractivity contribution is -0.138. The van der Waals surface area contributed by atoms with E-state index >= 15 is 0 Å². The van der Waals surface area contributed by atoms with Crippen LogP contribution in [0.15, 0.2) is 0 Å². The second-order valence-corrected chi connectivity index (χ2v) is 4.07. The Hall–Kier alpha value is -0.280. The molecule has 4 heteroatoms. The van der Waals surface area contributed by atoms with Crippen LogP contribution in [0.1, 0.15) is 32.1 Å². The molecule has 3 nitrogen and oxygen atoms in total. The zero-order valence-corrected chi connectivity index (χ0v) is 8.35. The Morgan fingerprint density at radius 2 is 1.85 bits per heavy atom. The lowest BCUT2D eigenvalue weighted by atomic mass is 9.90. The Balaban J connectivity index is 0.000000845. The molecule has 0 aromatic rings. The van der Waals surface area contributed by atoms with Gasteiger partial charge in [0, 0.05) is 18.5 Å². The summed E-state index contributed by atoms with van der Waals surface area (Å²) in [6.07, 6.45) is 5.02. The van der Waals surface area contributed by atoms with Crippen LogP contribution in [0, 0.1) is 5.92 Å². The van der Waals surface area contributed by atoms with Crippen molar-refractivity contribution in [3.8, 4) is 0 Å². The van der Waals surface area contributed by atoms with E-state index in [4.69, 9.17) is 5.11 Å². The molecule has 0 aromatic heterocycles. The molecule has 0 spiro atoms. The van der Waals surface area contributed by atoms with Crippen molar-refractivity contribution in [2.45, 2.75) is 44.2 Å². The largest absolute Gasteiger partial charge is 0.481 e. The maximum Gasteiger partial charge on any atom is 0.303 e. The molecular weight excluding hydrogens is 190 g/mol. The number of carbonyl (C=O) groups is 1. The standard InChI is InChI=1S/C9H15NO2.ClH/c11-9(12)5-6-3-7-1-2-8(4-6)10-7;/h6-8,10H,1-5H2,(H,11,12);1H/t6-,7-,8+;. The molecule has 2 aliphatic heterocycles. The summed E-state index contributed by atoms with van der Waals surface area (Å²) in [6.45, 7) is 0. The summed E-state index contributed by atoms with van der Waals surface area (Å²) in [4.78, 5) is 10.5. The molecule has 2 aliphatic rings. The van der Waals surface area contributed by atoms with Gasteiger partial charge >= 0.3 is 5.97 Å². The molecule has 0 amide bonds. The zero-order chi connectivity index (χ0) is 8.55. The Morgan fingerprint density at radius 1 is 1.31 bits per heavy atom. The normalized spacial score (nSPS) is 36.8. The molecule has 13 heavy (non-hydrogen) atoms. The van der Waals surface area contributed by atoms with Crippen molar-refractivity contribution in [3.05, 3.63) is 0 Å². The smallest absolute Gasteiger partial charge is 0.303 e. The molecule has 0 unspecified atom stereocenters. The summed E-state index contributed by atoms with van der Waals surface area (Å²) in [5.74, 6) is -0.206. The summed E-state index contributed by atoms with van der Waals surface area (Å²) in [5.41, 5.74) is 0. The molecule has 76 valence electrons. The van der Waals surface area contributed by atoms with Crippen LogP contribution >= 0.6 is 12.4 Å². The Bertz CT molecular complexity index is 186. The van der Waals surface area contributed by atoms with E-state index in [0.717, 1.165) is 12.8 Å². The number of aliphatic carboxylic acids is 1. The molecule has 2 fully saturated rings. The molecule has 2 N–H and O–H groups in total. The van der Waals surface area contributed by atoms with Crippen molar-refractivity contribution >= 4 is 18.4 Å². The highest BCUT2D eigenvalue weighted by Gasteiger charge is 2.33. The number of hydrogen-bond donors (Lipinski definition) is 2. The van der Waals surface area contributed by atoms with E-state index in [1.807, 2.05) is 0 Å². The van der Waals surface area contributed by atoms with Crippen molar-refractivity contribution in [2.75, 3.05) is 0 Å². The molecule has 2 saturated heterocycles. The number of halogens is 1. The second-order valence-electron chi connectivity index (χ2n) is 4.07. The monoisotopic (exact) mass is 205 g/mol. The maximum absolute atomic E-state index is 10.5. The van der Waals surface area contributed by atoms with E-state index in [9.17, 15) is 4.79 Å². The van der Waals surface area contributed by atoms with Gasteiger partial charge in [-0.2, -0.15) is 0 Å². The quantitative estimate of drug-likeness (QED) is 0.717. The van der Waals surface area contributed by atoms with Gasteiger partial charge in [-0.25, -0.2) is 0 Å². The fourth-order valence-corrected chi connectivity index (χ4v) is 2.59. The minimum Gasteiger partial charge on any atom is -0.481 e. The van der Waals surface area contributed by atoms with Crippen molar-refractivity contribution in [3.63, 3.8) is 0 Å². The van der Waals surface area contributed by atoms with Crippen LogP contribution in [-0.2, 0) is 4.79 Å². The lowest BCUT2D eigenvalue weighted by Crippen LogP contribution is -2.38. The predicted octanol–water partition coefficient (Wildman–Crippen LogP) is 1.41. The van der Waals surface area contributed by atoms with E-state index in [1.54, 1.807) is 0 Å². The van der Waals surface area contributed by atoms with E-state index < -0.39 is 5.97 Å². The molecule has 0 aliphatic carbocycles. The minimum absolute atomic E-state index is 0. The highest BCUT2D eigenvalue weighted by molar-refractivity contribution is 5.85. The van der Waals surface area contributed by atoms with Crippen molar-refractivity contribution < 1.29 is 9.90 Å². The fourth-order valence-electron chi connectivity index (χ4n) is 2.59. The van der Waals surface area contributed by atoms with Gasteiger partial charge in [0.2, 0.25) is 0 Å². The topological polar surface area (TPSA) is 49.3 Å². The van der Waals surface area contributed by atoms with Crippen LogP contribution in [0.5, 0.6) is 0 Å². The van der Waals surface area contributed by atoms with Gasteiger partial charge in [0.05, 0.1) is 0 Å². The Morgan fingerprint density at radius 3 is 2.31 bits per heavy atom. The molecule has 0 saturated carbocycles. The van der Waals surface area contributed by atoms with E-state index in [2.05, 4.69) is 5.32 Å². The van der Waals surface area contributed by atoms with Crippen LogP contribution in [0.2, 0.25) is 0 Å². The van der Waals surface area contributed by atoms with Crippen molar-refractivity contribution in [2.24, 2.45) is 5.92 Å². The van der Waals surface area contributed by atoms with Crippen molar-refractivity contribution in [1.82, 2.24) is 5.32 Å². The number of piperidine rings is 1. The summed E-state index contributed by atoms with van der Waals surface area (Å²) in [7, 11) is 0. The average molecular weight is 206 g/mol. The highest BCUT2D eigenvalue weighted by atomic mass is 35.5. The predicted molar refractivity (Wildman–Crippen MR) is 52.2 cm³/mol. The summed E-state index contributed by atoms with van der Waals surface area (Å²) in [6, 6.07) is 1.24. The first kappa shape index (κ1) is 10.8. The van der Waals surface area contributed by atoms with Gasteiger partial charge in [-0.15, -0.1) is 12.4 Å². The van der Waals surface area contributed by atoms with Crippen LogP contribution in [0.4, 0.5) is 0 Å². The third-order valence-corrected chi connectivity index (χ3v) is 3.03. The summed E-state index contributed by atoms with van der Waals surface area (Å²) in [5, 5.41) is 12.1. The summed E-state index contributed by atoms with van der Waals surface area (Å²) < 4.78 is 0. The van der Waals surface area contributed by atoms with Gasteiger partial charge in [-0.1, -0.05) is 0 Å². The SMILES string of the molecule is Cl.O=C(O)C[C@@H]1C[C@H]2CC[C@@H](C1)N2. The molecule has 0 aromatic carbocycles. The molecule has 3 atom stereocenters. The van der Waals surface area contributed by atoms with Crippen molar-refractivity contribution in [1.29, 1.82) is 0 Å². The number of rotatable bonds is 2. The van der Waals surface area contributed by atoms with Gasteiger partial charge in [0.25, 0.3) is 0 Å². The molecule has 0 radical (unpaired) electrons. The fraction of sp³-hybridized carbons (Fsp3) is 0.889. The summed E-state index contributed by atoms with van der Waals surface area (Å²) >= 11 is 0. The Labute approximate surface area is 84.3 Å². The van der Waals surface area contributed by atoms with E-state index in [0.29, 0.717) is 24.4 Å². The van der Waals surface area contributed by atoms with E-state index in [1.165, 1.54) is 12.8 Å². The lowest BCUT2D eigenvalue weighted by Gasteiger charge is -2.27. The number of hydrogen-bond acceptors (Lipinski definition) is 2. The number of carboxylic acid groups (broad SMARTS) is 1. The third-order valence-electron chi connectivity index (χ3n) is 3.03. The minimum atomic E-state index is -0.638. The average Bonchev–Trinajstić information content (AvgIpc) is 2.29. The van der Waals surface area contributed by atoms with Gasteiger partial charge in [0.1, 0.15) is 0 Å². The molecule has 2 bridgehead atoms. The zero-order valence-electron chi connectivity index (χ0n) is 7.53. The molecular formula is C9H16ClNO2. The molecule has 2 rings (SSSR count). The van der Waals surface area contributed by atoms with Gasteiger partial charge in [-0.3, -0.25) is 4.79 Å².